The summed E-state index contributed by atoms with van der Waals surface area (Å²) in [5, 5.41) is 10.7. The normalized spacial score (nSPS) is 32.6. The summed E-state index contributed by atoms with van der Waals surface area (Å²) in [6.45, 7) is 3.11. The number of nitrogens with zero attached hydrogens (tertiary/aromatic N) is 5. The summed E-state index contributed by atoms with van der Waals surface area (Å²) in [7, 11) is 0. The minimum absolute atomic E-state index is 0.00944. The molecule has 4 bridgehead atoms. The minimum Gasteiger partial charge on any atom is -0.399 e. The Morgan fingerprint density at radius 1 is 0.659 bits per heavy atom. The third kappa shape index (κ3) is 4.97. The summed E-state index contributed by atoms with van der Waals surface area (Å²) in [5.41, 5.74) is 8.79. The number of carbonyl (C=O) groups is 1. The van der Waals surface area contributed by atoms with Gasteiger partial charge in [0, 0.05) is 79.0 Å². The van der Waals surface area contributed by atoms with Crippen LogP contribution in [0.2, 0.25) is 0 Å². The van der Waals surface area contributed by atoms with Crippen LogP contribution in [0.25, 0.3) is 0 Å². The molecule has 6 saturated heterocycles. The van der Waals surface area contributed by atoms with Crippen molar-refractivity contribution >= 4 is 28.7 Å². The molecule has 2 aromatic carbocycles. The number of anilines is 3. The molecule has 6 fully saturated rings. The minimum atomic E-state index is -0.416. The maximum absolute atomic E-state index is 12.8. The van der Waals surface area contributed by atoms with Crippen molar-refractivity contribution in [3.8, 4) is 0 Å². The van der Waals surface area contributed by atoms with E-state index in [1.54, 1.807) is 17.0 Å². The van der Waals surface area contributed by atoms with Crippen molar-refractivity contribution in [2.75, 3.05) is 35.2 Å². The first-order valence-corrected chi connectivity index (χ1v) is 15.7. The fraction of sp³-hybridized carbons (Fsp3) is 0.594. The predicted molar refractivity (Wildman–Crippen MR) is 161 cm³/mol. The molecule has 2 atom stereocenters. The number of hydrogen-bond acceptors (Lipinski definition) is 7. The van der Waals surface area contributed by atoms with Gasteiger partial charge >= 0.3 is 0 Å². The van der Waals surface area contributed by atoms with E-state index in [4.69, 9.17) is 5.73 Å². The fourth-order valence-corrected chi connectivity index (χ4v) is 8.87. The smallest absolute Gasteiger partial charge is 0.269 e. The fourth-order valence-electron chi connectivity index (χ4n) is 8.87. The number of fused-ring (bicyclic) bond motifs is 4. The van der Waals surface area contributed by atoms with E-state index in [1.165, 1.54) is 88.7 Å². The van der Waals surface area contributed by atoms with Crippen molar-refractivity contribution < 1.29 is 9.72 Å². The maximum atomic E-state index is 12.8. The average molecular weight is 559 g/mol. The van der Waals surface area contributed by atoms with Gasteiger partial charge in [0.15, 0.2) is 0 Å². The summed E-state index contributed by atoms with van der Waals surface area (Å²) in [6, 6.07) is 18.4. The zero-order chi connectivity index (χ0) is 28.1. The standard InChI is InChI=1S/C16H19N3O3.C16H23N3/c20-16-15(18-12-3-4-13(18)6-5-12)9-10-17(16)11-1-7-14(8-2-11)19(21)22;17-12-1-3-13(4-2-12)18-10-9-16(11-18)19-14-5-6-15(19)8-7-14/h1-2,7-8,12-13,15H,3-6,9-10H2;1-4,14-16H,5-11,17H2. The first kappa shape index (κ1) is 26.7. The highest BCUT2D eigenvalue weighted by Crippen LogP contribution is 2.42. The molecule has 0 saturated carbocycles. The van der Waals surface area contributed by atoms with Crippen LogP contribution in [0.1, 0.15) is 64.2 Å². The van der Waals surface area contributed by atoms with Crippen LogP contribution in [0.5, 0.6) is 0 Å². The van der Waals surface area contributed by atoms with Gasteiger partial charge in [-0.2, -0.15) is 0 Å². The molecular weight excluding hydrogens is 516 g/mol. The second-order valence-corrected chi connectivity index (χ2v) is 12.9. The average Bonchev–Trinajstić information content (AvgIpc) is 3.85. The lowest BCUT2D eigenvalue weighted by atomic mass is 10.0. The van der Waals surface area contributed by atoms with E-state index in [-0.39, 0.29) is 17.6 Å². The van der Waals surface area contributed by atoms with E-state index in [0.29, 0.717) is 18.6 Å². The second kappa shape index (κ2) is 10.9. The van der Waals surface area contributed by atoms with Crippen LogP contribution in [0.3, 0.4) is 0 Å². The van der Waals surface area contributed by atoms with Crippen molar-refractivity contribution in [3.63, 3.8) is 0 Å². The highest BCUT2D eigenvalue weighted by Gasteiger charge is 2.48. The molecule has 6 aliphatic heterocycles. The zero-order valence-electron chi connectivity index (χ0n) is 23.8. The molecule has 6 heterocycles. The molecule has 2 N–H and O–H groups in total. The van der Waals surface area contributed by atoms with Crippen LogP contribution >= 0.6 is 0 Å². The van der Waals surface area contributed by atoms with Crippen molar-refractivity contribution in [2.45, 2.75) is 100 Å². The lowest BCUT2D eigenvalue weighted by molar-refractivity contribution is -0.384. The van der Waals surface area contributed by atoms with Gasteiger partial charge in [-0.1, -0.05) is 0 Å². The van der Waals surface area contributed by atoms with Gasteiger partial charge in [-0.3, -0.25) is 24.7 Å². The number of nitro benzene ring substituents is 1. The van der Waals surface area contributed by atoms with Gasteiger partial charge in [-0.05, 0) is 101 Å². The number of amides is 1. The number of non-ortho nitro benzene ring substituents is 1. The van der Waals surface area contributed by atoms with E-state index in [2.05, 4.69) is 26.8 Å². The molecule has 6 aliphatic rings. The molecule has 41 heavy (non-hydrogen) atoms. The molecule has 0 aromatic heterocycles. The molecule has 0 radical (unpaired) electrons. The molecule has 1 amide bonds. The number of rotatable bonds is 5. The molecule has 9 nitrogen and oxygen atoms in total. The Labute approximate surface area is 242 Å². The number of carbonyl (C=O) groups excluding carboxylic acids is 1. The van der Waals surface area contributed by atoms with Gasteiger partial charge in [0.05, 0.1) is 11.0 Å². The van der Waals surface area contributed by atoms with Crippen LogP contribution in [-0.4, -0.2) is 76.5 Å². The Bertz CT molecular complexity index is 1230. The van der Waals surface area contributed by atoms with Crippen LogP contribution in [0.4, 0.5) is 22.7 Å². The molecule has 0 spiro atoms. The van der Waals surface area contributed by atoms with Crippen molar-refractivity contribution in [3.05, 3.63) is 58.6 Å². The van der Waals surface area contributed by atoms with E-state index in [0.717, 1.165) is 35.9 Å². The quantitative estimate of drug-likeness (QED) is 0.320. The Balaban J connectivity index is 0.000000136. The number of nitrogens with two attached hydrogens (primary N) is 1. The first-order valence-electron chi connectivity index (χ1n) is 15.7. The molecular formula is C32H42N6O3. The lowest BCUT2D eigenvalue weighted by Gasteiger charge is -2.29. The van der Waals surface area contributed by atoms with Gasteiger partial charge in [0.2, 0.25) is 5.91 Å². The van der Waals surface area contributed by atoms with E-state index in [9.17, 15) is 14.9 Å². The zero-order valence-corrected chi connectivity index (χ0v) is 23.8. The summed E-state index contributed by atoms with van der Waals surface area (Å²) >= 11 is 0. The van der Waals surface area contributed by atoms with E-state index < -0.39 is 4.92 Å². The molecule has 2 aromatic rings. The number of nitro groups is 1. The van der Waals surface area contributed by atoms with Gasteiger partial charge < -0.3 is 15.5 Å². The Morgan fingerprint density at radius 3 is 1.76 bits per heavy atom. The molecule has 9 heteroatoms. The van der Waals surface area contributed by atoms with Crippen molar-refractivity contribution in [2.24, 2.45) is 0 Å². The van der Waals surface area contributed by atoms with E-state index in [1.807, 2.05) is 12.1 Å². The van der Waals surface area contributed by atoms with Crippen LogP contribution in [-0.2, 0) is 4.79 Å². The highest BCUT2D eigenvalue weighted by molar-refractivity contribution is 5.99. The maximum Gasteiger partial charge on any atom is 0.269 e. The van der Waals surface area contributed by atoms with Gasteiger partial charge in [0.25, 0.3) is 5.69 Å². The Hall–Kier alpha value is -3.17. The summed E-state index contributed by atoms with van der Waals surface area (Å²) in [6.07, 6.45) is 12.9. The summed E-state index contributed by atoms with van der Waals surface area (Å²) in [4.78, 5) is 32.7. The van der Waals surface area contributed by atoms with Gasteiger partial charge in [0.1, 0.15) is 0 Å². The monoisotopic (exact) mass is 558 g/mol. The van der Waals surface area contributed by atoms with Crippen LogP contribution in [0.15, 0.2) is 48.5 Å². The highest BCUT2D eigenvalue weighted by atomic mass is 16.6. The van der Waals surface area contributed by atoms with Gasteiger partial charge in [-0.15, -0.1) is 0 Å². The molecule has 8 rings (SSSR count). The Kier molecular flexibility index (Phi) is 7.11. The molecule has 218 valence electrons. The SMILES string of the molecule is Nc1ccc(N2CCC(N3C4CCC3CC4)C2)cc1.O=C1C(N2C3CCC2CC3)CCN1c1ccc([N+](=O)[O-])cc1. The van der Waals surface area contributed by atoms with Crippen molar-refractivity contribution in [1.82, 2.24) is 9.80 Å². The molecule has 2 unspecified atom stereocenters. The third-order valence-electron chi connectivity index (χ3n) is 10.8. The van der Waals surface area contributed by atoms with Gasteiger partial charge in [-0.25, -0.2) is 0 Å². The topological polar surface area (TPSA) is 99.2 Å². The number of nitrogen functional groups attached to an aromatic ring is 1. The summed E-state index contributed by atoms with van der Waals surface area (Å²) in [5.74, 6) is 0.160. The summed E-state index contributed by atoms with van der Waals surface area (Å²) < 4.78 is 0. The van der Waals surface area contributed by atoms with E-state index >= 15 is 0 Å². The Morgan fingerprint density at radius 2 is 1.20 bits per heavy atom. The largest absolute Gasteiger partial charge is 0.399 e. The predicted octanol–water partition coefficient (Wildman–Crippen LogP) is 4.80. The molecule has 0 aliphatic carbocycles. The van der Waals surface area contributed by atoms with Crippen LogP contribution in [0, 0.1) is 10.1 Å². The number of hydrogen-bond donors (Lipinski definition) is 1. The number of benzene rings is 2. The second-order valence-electron chi connectivity index (χ2n) is 12.9. The lowest BCUT2D eigenvalue weighted by Crippen LogP contribution is -2.44. The third-order valence-corrected chi connectivity index (χ3v) is 10.8. The van der Waals surface area contributed by atoms with Crippen LogP contribution < -0.4 is 15.5 Å². The first-order chi connectivity index (χ1) is 20.0. The van der Waals surface area contributed by atoms with Crippen molar-refractivity contribution in [1.29, 1.82) is 0 Å².